The quantitative estimate of drug-likeness (QED) is 0.869. The summed E-state index contributed by atoms with van der Waals surface area (Å²) in [4.78, 5) is 11.9. The molecule has 1 heterocycles. The lowest BCUT2D eigenvalue weighted by Gasteiger charge is -2.20. The molecule has 4 nitrogen and oxygen atoms in total. The molecule has 4 heteroatoms. The summed E-state index contributed by atoms with van der Waals surface area (Å²) in [5.74, 6) is 0.109. The highest BCUT2D eigenvalue weighted by molar-refractivity contribution is 5.76. The second-order valence-corrected chi connectivity index (χ2v) is 5.87. The molecule has 0 radical (unpaired) electrons. The maximum Gasteiger partial charge on any atom is 0.221 e. The first-order valence-electron chi connectivity index (χ1n) is 7.69. The zero-order chi connectivity index (χ0) is 14.7. The fraction of sp³-hybridized carbons (Fsp3) is 0.688. The van der Waals surface area contributed by atoms with Gasteiger partial charge in [0.15, 0.2) is 0 Å². The average molecular weight is 278 g/mol. The summed E-state index contributed by atoms with van der Waals surface area (Å²) in [7, 11) is 0. The smallest absolute Gasteiger partial charge is 0.221 e. The Hall–Kier alpha value is -1.29. The van der Waals surface area contributed by atoms with Gasteiger partial charge in [-0.2, -0.15) is 0 Å². The van der Waals surface area contributed by atoms with Gasteiger partial charge in [-0.15, -0.1) is 0 Å². The third kappa shape index (κ3) is 3.23. The van der Waals surface area contributed by atoms with Gasteiger partial charge in [-0.3, -0.25) is 4.79 Å². The van der Waals surface area contributed by atoms with E-state index in [1.807, 2.05) is 6.92 Å². The fourth-order valence-corrected chi connectivity index (χ4v) is 2.91. The molecule has 2 unspecified atom stereocenters. The van der Waals surface area contributed by atoms with E-state index in [1.54, 1.807) is 0 Å². The molecule has 0 fully saturated rings. The molecule has 20 heavy (non-hydrogen) atoms. The van der Waals surface area contributed by atoms with Gasteiger partial charge in [0.25, 0.3) is 0 Å². The summed E-state index contributed by atoms with van der Waals surface area (Å²) < 4.78 is 2.20. The second-order valence-electron chi connectivity index (χ2n) is 5.87. The molecule has 112 valence electrons. The highest BCUT2D eigenvalue weighted by atomic mass is 16.3. The maximum absolute atomic E-state index is 11.9. The van der Waals surface area contributed by atoms with Gasteiger partial charge < -0.3 is 15.0 Å². The maximum atomic E-state index is 11.9. The van der Waals surface area contributed by atoms with E-state index >= 15 is 0 Å². The number of aliphatic hydroxyl groups is 1. The minimum Gasteiger partial charge on any atom is -0.388 e. The minimum absolute atomic E-state index is 0.109. The zero-order valence-corrected chi connectivity index (χ0v) is 12.8. The summed E-state index contributed by atoms with van der Waals surface area (Å²) >= 11 is 0. The van der Waals surface area contributed by atoms with Crippen LogP contribution in [0.2, 0.25) is 0 Å². The van der Waals surface area contributed by atoms with Crippen LogP contribution >= 0.6 is 0 Å². The number of carbonyl (C=O) groups is 1. The zero-order valence-electron chi connectivity index (χ0n) is 12.8. The van der Waals surface area contributed by atoms with Crippen molar-refractivity contribution in [3.63, 3.8) is 0 Å². The third-order valence-corrected chi connectivity index (χ3v) is 4.28. The van der Waals surface area contributed by atoms with Crippen LogP contribution in [0.25, 0.3) is 0 Å². The van der Waals surface area contributed by atoms with Crippen LogP contribution in [0.4, 0.5) is 0 Å². The number of fused-ring (bicyclic) bond motifs is 1. The highest BCUT2D eigenvalue weighted by Crippen LogP contribution is 2.32. The van der Waals surface area contributed by atoms with Crippen molar-refractivity contribution in [1.29, 1.82) is 0 Å². The minimum atomic E-state index is -0.326. The first-order chi connectivity index (χ1) is 9.52. The summed E-state index contributed by atoms with van der Waals surface area (Å²) in [6.45, 7) is 6.85. The Morgan fingerprint density at radius 3 is 3.05 bits per heavy atom. The molecule has 0 spiro atoms. The summed E-state index contributed by atoms with van der Waals surface area (Å²) in [5, 5.41) is 13.0. The van der Waals surface area contributed by atoms with E-state index in [9.17, 15) is 9.90 Å². The number of rotatable bonds is 5. The van der Waals surface area contributed by atoms with Crippen molar-refractivity contribution in [2.45, 2.75) is 71.6 Å². The third-order valence-electron chi connectivity index (χ3n) is 4.28. The summed E-state index contributed by atoms with van der Waals surface area (Å²) in [6, 6.07) is 2.31. The van der Waals surface area contributed by atoms with Crippen LogP contribution in [0.5, 0.6) is 0 Å². The van der Waals surface area contributed by atoms with Crippen LogP contribution in [0.1, 0.15) is 62.6 Å². The fourth-order valence-electron chi connectivity index (χ4n) is 2.91. The van der Waals surface area contributed by atoms with Crippen LogP contribution in [0, 0.1) is 6.92 Å². The Labute approximate surface area is 121 Å². The van der Waals surface area contributed by atoms with Crippen LogP contribution in [-0.4, -0.2) is 21.6 Å². The molecule has 1 aromatic heterocycles. The highest BCUT2D eigenvalue weighted by Gasteiger charge is 2.23. The van der Waals surface area contributed by atoms with E-state index in [0.29, 0.717) is 13.0 Å². The van der Waals surface area contributed by atoms with Crippen LogP contribution in [-0.2, 0) is 17.8 Å². The number of hydrogen-bond acceptors (Lipinski definition) is 2. The monoisotopic (exact) mass is 278 g/mol. The number of amides is 1. The molecule has 0 saturated carbocycles. The van der Waals surface area contributed by atoms with Gasteiger partial charge in [-0.05, 0) is 45.6 Å². The molecule has 0 aliphatic heterocycles. The van der Waals surface area contributed by atoms with E-state index in [1.165, 1.54) is 5.69 Å². The second kappa shape index (κ2) is 6.44. The number of carbonyl (C=O) groups excluding carboxylic acids is 1. The number of aryl methyl sites for hydroxylation is 1. The van der Waals surface area contributed by atoms with Gasteiger partial charge in [0, 0.05) is 36.0 Å². The molecule has 1 amide bonds. The van der Waals surface area contributed by atoms with Crippen molar-refractivity contribution in [2.24, 2.45) is 0 Å². The number of hydrogen-bond donors (Lipinski definition) is 2. The van der Waals surface area contributed by atoms with Crippen molar-refractivity contribution in [1.82, 2.24) is 9.88 Å². The first kappa shape index (κ1) is 15.1. The summed E-state index contributed by atoms with van der Waals surface area (Å²) in [6.07, 6.45) is 4.01. The number of nitrogens with one attached hydrogen (secondary N) is 1. The molecule has 2 atom stereocenters. The molecule has 2 rings (SSSR count). The number of aromatic nitrogens is 1. The Balaban J connectivity index is 2.02. The molecule has 0 bridgehead atoms. The molecule has 0 aromatic carbocycles. The van der Waals surface area contributed by atoms with Gasteiger partial charge in [-0.25, -0.2) is 0 Å². The Morgan fingerprint density at radius 1 is 1.60 bits per heavy atom. The van der Waals surface area contributed by atoms with E-state index < -0.39 is 0 Å². The van der Waals surface area contributed by atoms with Crippen molar-refractivity contribution in [2.75, 3.05) is 0 Å². The van der Waals surface area contributed by atoms with E-state index in [4.69, 9.17) is 0 Å². The van der Waals surface area contributed by atoms with E-state index in [2.05, 4.69) is 29.8 Å². The van der Waals surface area contributed by atoms with Crippen LogP contribution in [0.3, 0.4) is 0 Å². The van der Waals surface area contributed by atoms with Gasteiger partial charge >= 0.3 is 0 Å². The largest absolute Gasteiger partial charge is 0.388 e. The van der Waals surface area contributed by atoms with E-state index in [0.717, 1.165) is 36.9 Å². The number of aliphatic hydroxyl groups excluding tert-OH is 1. The lowest BCUT2D eigenvalue weighted by atomic mass is 9.95. The average Bonchev–Trinajstić information content (AvgIpc) is 2.74. The van der Waals surface area contributed by atoms with Crippen molar-refractivity contribution < 1.29 is 9.90 Å². The lowest BCUT2D eigenvalue weighted by molar-refractivity contribution is -0.121. The molecule has 2 N–H and O–H groups in total. The van der Waals surface area contributed by atoms with Crippen LogP contribution < -0.4 is 5.32 Å². The van der Waals surface area contributed by atoms with Crippen molar-refractivity contribution >= 4 is 5.91 Å². The van der Waals surface area contributed by atoms with E-state index in [-0.39, 0.29) is 18.1 Å². The van der Waals surface area contributed by atoms with Crippen LogP contribution in [0.15, 0.2) is 6.07 Å². The normalized spacial score (nSPS) is 19.5. The van der Waals surface area contributed by atoms with Crippen molar-refractivity contribution in [3.8, 4) is 0 Å². The molecular weight excluding hydrogens is 252 g/mol. The molecular formula is C16H26N2O2. The van der Waals surface area contributed by atoms with Gasteiger partial charge in [0.05, 0.1) is 6.10 Å². The molecule has 0 saturated heterocycles. The Kier molecular flexibility index (Phi) is 4.86. The molecule has 1 aliphatic carbocycles. The molecule has 1 aliphatic rings. The van der Waals surface area contributed by atoms with Gasteiger partial charge in [0.1, 0.15) is 0 Å². The first-order valence-corrected chi connectivity index (χ1v) is 7.69. The van der Waals surface area contributed by atoms with Gasteiger partial charge in [-0.1, -0.05) is 6.92 Å². The standard InChI is InChI=1S/C16H26N2O2/c1-4-11(2)17-16(20)8-9-18-12(3)10-13-14(18)6-5-7-15(13)19/h10-11,15,19H,4-9H2,1-3H3,(H,17,20). The summed E-state index contributed by atoms with van der Waals surface area (Å²) in [5.41, 5.74) is 3.43. The van der Waals surface area contributed by atoms with Gasteiger partial charge in [0.2, 0.25) is 5.91 Å². The van der Waals surface area contributed by atoms with Crippen molar-refractivity contribution in [3.05, 3.63) is 23.0 Å². The predicted octanol–water partition coefficient (Wildman–Crippen LogP) is 2.47. The predicted molar refractivity (Wildman–Crippen MR) is 79.6 cm³/mol. The topological polar surface area (TPSA) is 54.3 Å². The Morgan fingerprint density at radius 2 is 2.35 bits per heavy atom. The Bertz CT molecular complexity index is 479. The lowest BCUT2D eigenvalue weighted by Crippen LogP contribution is -2.32. The SMILES string of the molecule is CCC(C)NC(=O)CCn1c(C)cc2c1CCCC2O. The number of nitrogens with zero attached hydrogens (tertiary/aromatic N) is 1. The molecule has 1 aromatic rings.